The van der Waals surface area contributed by atoms with Crippen LogP contribution in [0, 0.1) is 23.0 Å². The number of hydrogen-bond acceptors (Lipinski definition) is 4. The molecule has 0 amide bonds. The zero-order chi connectivity index (χ0) is 14.0. The Kier molecular flexibility index (Phi) is 4.27. The number of rotatable bonds is 6. The van der Waals surface area contributed by atoms with E-state index in [0.29, 0.717) is 12.5 Å². The van der Waals surface area contributed by atoms with Gasteiger partial charge < -0.3 is 10.1 Å². The fourth-order valence-electron chi connectivity index (χ4n) is 2.14. The molecule has 1 aliphatic rings. The van der Waals surface area contributed by atoms with Crippen LogP contribution in [-0.4, -0.2) is 24.7 Å². The van der Waals surface area contributed by atoms with Gasteiger partial charge in [0.1, 0.15) is 5.02 Å². The van der Waals surface area contributed by atoms with Crippen molar-refractivity contribution < 1.29 is 9.66 Å². The van der Waals surface area contributed by atoms with Crippen LogP contribution in [0.5, 0.6) is 0 Å². The molecule has 0 bridgehead atoms. The second-order valence-corrected chi connectivity index (χ2v) is 5.33. The van der Waals surface area contributed by atoms with Gasteiger partial charge in [-0.1, -0.05) is 11.6 Å². The minimum atomic E-state index is -0.466. The van der Waals surface area contributed by atoms with Crippen LogP contribution in [0.3, 0.4) is 0 Å². The molecule has 19 heavy (non-hydrogen) atoms. The molecular formula is C13H17ClN2O3. The molecule has 6 heteroatoms. The van der Waals surface area contributed by atoms with Gasteiger partial charge in [0.2, 0.25) is 0 Å². The van der Waals surface area contributed by atoms with Gasteiger partial charge in [0, 0.05) is 18.9 Å². The normalized spacial score (nSPS) is 16.2. The van der Waals surface area contributed by atoms with E-state index in [2.05, 4.69) is 5.32 Å². The number of nitrogens with one attached hydrogen (secondary N) is 1. The van der Waals surface area contributed by atoms with Crippen LogP contribution in [0.4, 0.5) is 11.4 Å². The van der Waals surface area contributed by atoms with Crippen molar-refractivity contribution in [2.24, 2.45) is 5.92 Å². The molecule has 1 aromatic rings. The summed E-state index contributed by atoms with van der Waals surface area (Å²) in [6, 6.07) is 3.36. The summed E-state index contributed by atoms with van der Waals surface area (Å²) in [6.07, 6.45) is 2.39. The molecule has 0 heterocycles. The second-order valence-electron chi connectivity index (χ2n) is 4.92. The number of nitro groups is 1. The maximum absolute atomic E-state index is 10.8. The van der Waals surface area contributed by atoms with Crippen LogP contribution in [0.2, 0.25) is 5.02 Å². The highest BCUT2D eigenvalue weighted by Gasteiger charge is 2.31. The van der Waals surface area contributed by atoms with E-state index in [4.69, 9.17) is 16.3 Å². The number of ether oxygens (including phenoxy) is 1. The Morgan fingerprint density at radius 2 is 2.26 bits per heavy atom. The molecular weight excluding hydrogens is 268 g/mol. The van der Waals surface area contributed by atoms with Crippen molar-refractivity contribution in [3.8, 4) is 0 Å². The molecule has 104 valence electrons. The van der Waals surface area contributed by atoms with E-state index < -0.39 is 4.92 Å². The van der Waals surface area contributed by atoms with Crippen LogP contribution in [0.15, 0.2) is 12.1 Å². The molecule has 1 atom stereocenters. The number of nitro benzene ring substituents is 1. The van der Waals surface area contributed by atoms with Gasteiger partial charge in [-0.15, -0.1) is 0 Å². The number of anilines is 1. The van der Waals surface area contributed by atoms with Crippen molar-refractivity contribution >= 4 is 23.0 Å². The first kappa shape index (κ1) is 14.1. The molecule has 0 aliphatic heterocycles. The van der Waals surface area contributed by atoms with Gasteiger partial charge in [-0.05, 0) is 37.3 Å². The van der Waals surface area contributed by atoms with Crippen LogP contribution in [0.25, 0.3) is 0 Å². The Bertz CT molecular complexity index is 489. The van der Waals surface area contributed by atoms with Crippen LogP contribution >= 0.6 is 11.6 Å². The molecule has 2 rings (SSSR count). The Morgan fingerprint density at radius 1 is 1.58 bits per heavy atom. The molecule has 5 nitrogen and oxygen atoms in total. The summed E-state index contributed by atoms with van der Waals surface area (Å²) in [5, 5.41) is 14.4. The fourth-order valence-corrected chi connectivity index (χ4v) is 2.37. The maximum atomic E-state index is 10.8. The largest absolute Gasteiger partial charge is 0.383 e. The van der Waals surface area contributed by atoms with Crippen molar-refractivity contribution in [2.45, 2.75) is 25.8 Å². The first-order valence-corrected chi connectivity index (χ1v) is 6.60. The number of aryl methyl sites for hydroxylation is 1. The van der Waals surface area contributed by atoms with E-state index >= 15 is 0 Å². The average molecular weight is 285 g/mol. The number of methoxy groups -OCH3 is 1. The molecule has 1 unspecified atom stereocenters. The number of nitrogens with zero attached hydrogens (tertiary/aromatic N) is 1. The Labute approximate surface area is 117 Å². The summed E-state index contributed by atoms with van der Waals surface area (Å²) in [7, 11) is 1.67. The average Bonchev–Trinajstić information content (AvgIpc) is 3.16. The molecule has 0 saturated heterocycles. The highest BCUT2D eigenvalue weighted by Crippen LogP contribution is 2.36. The van der Waals surface area contributed by atoms with Crippen molar-refractivity contribution in [3.05, 3.63) is 32.8 Å². The maximum Gasteiger partial charge on any atom is 0.288 e. The zero-order valence-electron chi connectivity index (χ0n) is 11.0. The third-order valence-corrected chi connectivity index (χ3v) is 3.67. The predicted octanol–water partition coefficient (Wildman–Crippen LogP) is 3.39. The number of benzene rings is 1. The lowest BCUT2D eigenvalue weighted by Crippen LogP contribution is -2.27. The van der Waals surface area contributed by atoms with Gasteiger partial charge in [-0.25, -0.2) is 0 Å². The Balaban J connectivity index is 2.19. The van der Waals surface area contributed by atoms with Gasteiger partial charge >= 0.3 is 0 Å². The third kappa shape index (κ3) is 3.36. The Hall–Kier alpha value is -1.33. The van der Waals surface area contributed by atoms with Crippen molar-refractivity contribution in [3.63, 3.8) is 0 Å². The van der Waals surface area contributed by atoms with Gasteiger partial charge in [-0.2, -0.15) is 0 Å². The standard InChI is InChI=1S/C13H17ClN2O3/c1-8-5-13(16(17)18)10(14)6-11(8)15-12(7-19-2)9-3-4-9/h5-6,9,12,15H,3-4,7H2,1-2H3. The molecule has 1 N–H and O–H groups in total. The summed E-state index contributed by atoms with van der Waals surface area (Å²) >= 11 is 5.94. The topological polar surface area (TPSA) is 64.4 Å². The van der Waals surface area contributed by atoms with Gasteiger partial charge in [0.05, 0.1) is 17.6 Å². The lowest BCUT2D eigenvalue weighted by Gasteiger charge is -2.20. The van der Waals surface area contributed by atoms with E-state index in [1.165, 1.54) is 18.9 Å². The molecule has 1 saturated carbocycles. The van der Waals surface area contributed by atoms with Gasteiger partial charge in [-0.3, -0.25) is 10.1 Å². The van der Waals surface area contributed by atoms with Crippen LogP contribution in [0.1, 0.15) is 18.4 Å². The first-order valence-electron chi connectivity index (χ1n) is 6.23. The van der Waals surface area contributed by atoms with Crippen molar-refractivity contribution in [1.82, 2.24) is 0 Å². The summed E-state index contributed by atoms with van der Waals surface area (Å²) in [5.74, 6) is 0.619. The third-order valence-electron chi connectivity index (χ3n) is 3.37. The minimum Gasteiger partial charge on any atom is -0.383 e. The molecule has 0 radical (unpaired) electrons. The molecule has 0 aromatic heterocycles. The van der Waals surface area contributed by atoms with Crippen molar-refractivity contribution in [1.29, 1.82) is 0 Å². The van der Waals surface area contributed by atoms with Crippen molar-refractivity contribution in [2.75, 3.05) is 19.0 Å². The van der Waals surface area contributed by atoms with E-state index in [0.717, 1.165) is 11.3 Å². The minimum absolute atomic E-state index is 0.0561. The van der Waals surface area contributed by atoms with E-state index in [1.54, 1.807) is 13.2 Å². The smallest absolute Gasteiger partial charge is 0.288 e. The monoisotopic (exact) mass is 284 g/mol. The zero-order valence-corrected chi connectivity index (χ0v) is 11.7. The second kappa shape index (κ2) is 5.75. The van der Waals surface area contributed by atoms with E-state index in [1.807, 2.05) is 6.92 Å². The SMILES string of the molecule is COCC(Nc1cc(Cl)c([N+](=O)[O-])cc1C)C1CC1. The molecule has 0 spiro atoms. The lowest BCUT2D eigenvalue weighted by molar-refractivity contribution is -0.384. The van der Waals surface area contributed by atoms with E-state index in [-0.39, 0.29) is 16.8 Å². The highest BCUT2D eigenvalue weighted by atomic mass is 35.5. The first-order chi connectivity index (χ1) is 9.02. The van der Waals surface area contributed by atoms with E-state index in [9.17, 15) is 10.1 Å². The Morgan fingerprint density at radius 3 is 2.79 bits per heavy atom. The molecule has 1 fully saturated rings. The highest BCUT2D eigenvalue weighted by molar-refractivity contribution is 6.33. The predicted molar refractivity (Wildman–Crippen MR) is 74.9 cm³/mol. The fraction of sp³-hybridized carbons (Fsp3) is 0.538. The van der Waals surface area contributed by atoms with Gasteiger partial charge in [0.15, 0.2) is 0 Å². The number of halogens is 1. The lowest BCUT2D eigenvalue weighted by atomic mass is 10.1. The number of hydrogen-bond donors (Lipinski definition) is 1. The summed E-state index contributed by atoms with van der Waals surface area (Å²) in [5.41, 5.74) is 1.60. The van der Waals surface area contributed by atoms with Crippen LogP contribution < -0.4 is 5.32 Å². The summed E-state index contributed by atoms with van der Waals surface area (Å²) < 4.78 is 5.21. The quantitative estimate of drug-likeness (QED) is 0.642. The molecule has 1 aliphatic carbocycles. The summed E-state index contributed by atoms with van der Waals surface area (Å²) in [6.45, 7) is 2.46. The summed E-state index contributed by atoms with van der Waals surface area (Å²) in [4.78, 5) is 10.3. The van der Waals surface area contributed by atoms with Gasteiger partial charge in [0.25, 0.3) is 5.69 Å². The van der Waals surface area contributed by atoms with Crippen LogP contribution in [-0.2, 0) is 4.74 Å². The molecule has 1 aromatic carbocycles.